The lowest BCUT2D eigenvalue weighted by Crippen LogP contribution is -2.33. The molecule has 0 amide bonds. The number of nitrogens with one attached hydrogen (secondary N) is 2. The van der Waals surface area contributed by atoms with Crippen LogP contribution >= 0.6 is 0 Å². The zero-order valence-electron chi connectivity index (χ0n) is 11.3. The third-order valence-corrected chi connectivity index (χ3v) is 3.58. The molecule has 0 radical (unpaired) electrons. The van der Waals surface area contributed by atoms with Crippen molar-refractivity contribution in [2.45, 2.75) is 44.8 Å². The summed E-state index contributed by atoms with van der Waals surface area (Å²) in [6, 6.07) is 7.84. The Labute approximate surface area is 113 Å². The Morgan fingerprint density at radius 2 is 2.42 bits per heavy atom. The molecule has 2 atom stereocenters. The first-order valence-corrected chi connectivity index (χ1v) is 6.85. The molecule has 1 saturated heterocycles. The van der Waals surface area contributed by atoms with Crippen molar-refractivity contribution in [3.05, 3.63) is 39.9 Å². The maximum absolute atomic E-state index is 10.7. The first kappa shape index (κ1) is 14.0. The third-order valence-electron chi connectivity index (χ3n) is 3.58. The Hall–Kier alpha value is -1.46. The van der Waals surface area contributed by atoms with Gasteiger partial charge in [0.1, 0.15) is 0 Å². The number of non-ortho nitro benzene ring substituents is 1. The van der Waals surface area contributed by atoms with Crippen LogP contribution in [0.3, 0.4) is 0 Å². The van der Waals surface area contributed by atoms with Crippen LogP contribution in [0.15, 0.2) is 24.3 Å². The second-order valence-electron chi connectivity index (χ2n) is 5.24. The first-order chi connectivity index (χ1) is 9.15. The van der Waals surface area contributed by atoms with Crippen LogP contribution in [0.2, 0.25) is 0 Å². The zero-order valence-corrected chi connectivity index (χ0v) is 11.3. The van der Waals surface area contributed by atoms with Crippen molar-refractivity contribution in [1.29, 1.82) is 0 Å². The molecule has 0 aromatic heterocycles. The molecule has 104 valence electrons. The van der Waals surface area contributed by atoms with Crippen LogP contribution in [0.1, 0.15) is 31.7 Å². The lowest BCUT2D eigenvalue weighted by molar-refractivity contribution is -0.384. The van der Waals surface area contributed by atoms with Gasteiger partial charge in [-0.05, 0) is 38.3 Å². The van der Waals surface area contributed by atoms with Crippen LogP contribution < -0.4 is 10.6 Å². The molecule has 0 spiro atoms. The quantitative estimate of drug-likeness (QED) is 0.610. The number of nitro groups is 1. The van der Waals surface area contributed by atoms with Crippen molar-refractivity contribution < 1.29 is 4.92 Å². The molecule has 0 saturated carbocycles. The summed E-state index contributed by atoms with van der Waals surface area (Å²) >= 11 is 0. The van der Waals surface area contributed by atoms with E-state index in [1.54, 1.807) is 12.1 Å². The molecule has 0 bridgehead atoms. The average molecular weight is 263 g/mol. The molecule has 0 aliphatic carbocycles. The molecule has 1 aliphatic rings. The summed E-state index contributed by atoms with van der Waals surface area (Å²) in [6.07, 6.45) is 3.63. The molecule has 5 heteroatoms. The van der Waals surface area contributed by atoms with Crippen molar-refractivity contribution in [1.82, 2.24) is 10.6 Å². The fourth-order valence-corrected chi connectivity index (χ4v) is 2.54. The number of hydrogen-bond donors (Lipinski definition) is 2. The van der Waals surface area contributed by atoms with Gasteiger partial charge in [-0.1, -0.05) is 12.1 Å². The fourth-order valence-electron chi connectivity index (χ4n) is 2.54. The summed E-state index contributed by atoms with van der Waals surface area (Å²) in [5.74, 6) is 0. The summed E-state index contributed by atoms with van der Waals surface area (Å²) in [5.41, 5.74) is 1.12. The van der Waals surface area contributed by atoms with Gasteiger partial charge >= 0.3 is 0 Å². The van der Waals surface area contributed by atoms with Gasteiger partial charge in [0.15, 0.2) is 0 Å². The number of nitrogens with zero attached hydrogens (tertiary/aromatic N) is 1. The van der Waals surface area contributed by atoms with Gasteiger partial charge in [0.05, 0.1) is 4.92 Å². The summed E-state index contributed by atoms with van der Waals surface area (Å²) in [4.78, 5) is 10.3. The van der Waals surface area contributed by atoms with Gasteiger partial charge in [0.25, 0.3) is 5.69 Å². The molecule has 2 rings (SSSR count). The standard InChI is InChI=1S/C14H21N3O2/c1-11(8-13-5-3-7-15-13)16-10-12-4-2-6-14(9-12)17(18)19/h2,4,6,9,11,13,15-16H,3,5,7-8,10H2,1H3. The molecule has 1 aromatic carbocycles. The van der Waals surface area contributed by atoms with Crippen LogP contribution in [-0.4, -0.2) is 23.6 Å². The number of nitro benzene ring substituents is 1. The Kier molecular flexibility index (Phi) is 4.87. The molecule has 1 fully saturated rings. The highest BCUT2D eigenvalue weighted by Gasteiger charge is 2.16. The minimum Gasteiger partial charge on any atom is -0.314 e. The highest BCUT2D eigenvalue weighted by molar-refractivity contribution is 5.34. The first-order valence-electron chi connectivity index (χ1n) is 6.85. The predicted molar refractivity (Wildman–Crippen MR) is 75.0 cm³/mol. The van der Waals surface area contributed by atoms with E-state index in [4.69, 9.17) is 0 Å². The van der Waals surface area contributed by atoms with E-state index >= 15 is 0 Å². The minimum absolute atomic E-state index is 0.157. The van der Waals surface area contributed by atoms with E-state index in [9.17, 15) is 10.1 Å². The smallest absolute Gasteiger partial charge is 0.269 e. The van der Waals surface area contributed by atoms with E-state index < -0.39 is 0 Å². The van der Waals surface area contributed by atoms with Gasteiger partial charge in [0, 0.05) is 30.8 Å². The van der Waals surface area contributed by atoms with Gasteiger partial charge in [-0.3, -0.25) is 10.1 Å². The van der Waals surface area contributed by atoms with Crippen molar-refractivity contribution in [2.75, 3.05) is 6.54 Å². The minimum atomic E-state index is -0.352. The zero-order chi connectivity index (χ0) is 13.7. The van der Waals surface area contributed by atoms with Crippen LogP contribution in [-0.2, 0) is 6.54 Å². The molecular weight excluding hydrogens is 242 g/mol. The topological polar surface area (TPSA) is 67.2 Å². The second-order valence-corrected chi connectivity index (χ2v) is 5.24. The van der Waals surface area contributed by atoms with Crippen molar-refractivity contribution >= 4 is 5.69 Å². The summed E-state index contributed by atoms with van der Waals surface area (Å²) in [6.45, 7) is 3.97. The van der Waals surface area contributed by atoms with Crippen LogP contribution in [0.5, 0.6) is 0 Å². The van der Waals surface area contributed by atoms with Gasteiger partial charge in [-0.25, -0.2) is 0 Å². The largest absolute Gasteiger partial charge is 0.314 e. The highest BCUT2D eigenvalue weighted by Crippen LogP contribution is 2.14. The molecule has 5 nitrogen and oxygen atoms in total. The lowest BCUT2D eigenvalue weighted by Gasteiger charge is -2.18. The molecular formula is C14H21N3O2. The Balaban J connectivity index is 1.80. The molecule has 2 unspecified atom stereocenters. The van der Waals surface area contributed by atoms with Crippen molar-refractivity contribution in [3.63, 3.8) is 0 Å². The maximum atomic E-state index is 10.7. The maximum Gasteiger partial charge on any atom is 0.269 e. The monoisotopic (exact) mass is 263 g/mol. The molecule has 1 aromatic rings. The molecule has 19 heavy (non-hydrogen) atoms. The summed E-state index contributed by atoms with van der Waals surface area (Å²) in [5, 5.41) is 17.6. The fraction of sp³-hybridized carbons (Fsp3) is 0.571. The Morgan fingerprint density at radius 3 is 3.11 bits per heavy atom. The van der Waals surface area contributed by atoms with E-state index in [-0.39, 0.29) is 10.6 Å². The SMILES string of the molecule is CC(CC1CCCN1)NCc1cccc([N+](=O)[O-])c1. The number of benzene rings is 1. The van der Waals surface area contributed by atoms with Gasteiger partial charge < -0.3 is 10.6 Å². The van der Waals surface area contributed by atoms with E-state index in [1.807, 2.05) is 6.07 Å². The number of hydrogen-bond acceptors (Lipinski definition) is 4. The highest BCUT2D eigenvalue weighted by atomic mass is 16.6. The Morgan fingerprint density at radius 1 is 1.58 bits per heavy atom. The second kappa shape index (κ2) is 6.63. The summed E-state index contributed by atoms with van der Waals surface area (Å²) < 4.78 is 0. The predicted octanol–water partition coefficient (Wildman–Crippen LogP) is 2.21. The Bertz CT molecular complexity index is 430. The summed E-state index contributed by atoms with van der Waals surface area (Å²) in [7, 11) is 0. The van der Waals surface area contributed by atoms with Crippen molar-refractivity contribution in [3.8, 4) is 0 Å². The van der Waals surface area contributed by atoms with E-state index in [2.05, 4.69) is 17.6 Å². The van der Waals surface area contributed by atoms with Gasteiger partial charge in [0.2, 0.25) is 0 Å². The molecule has 1 aliphatic heterocycles. The van der Waals surface area contributed by atoms with Crippen molar-refractivity contribution in [2.24, 2.45) is 0 Å². The van der Waals surface area contributed by atoms with E-state index in [0.717, 1.165) is 18.5 Å². The molecule has 1 heterocycles. The van der Waals surface area contributed by atoms with Crippen LogP contribution in [0.25, 0.3) is 0 Å². The average Bonchev–Trinajstić information content (AvgIpc) is 2.89. The van der Waals surface area contributed by atoms with Gasteiger partial charge in [-0.15, -0.1) is 0 Å². The molecule has 2 N–H and O–H groups in total. The number of rotatable bonds is 6. The normalized spacial score (nSPS) is 20.4. The van der Waals surface area contributed by atoms with Gasteiger partial charge in [-0.2, -0.15) is 0 Å². The van der Waals surface area contributed by atoms with E-state index in [1.165, 1.54) is 18.9 Å². The van der Waals surface area contributed by atoms with E-state index in [0.29, 0.717) is 18.6 Å². The lowest BCUT2D eigenvalue weighted by atomic mass is 10.1. The van der Waals surface area contributed by atoms with Crippen LogP contribution in [0.4, 0.5) is 5.69 Å². The third kappa shape index (κ3) is 4.29. The van der Waals surface area contributed by atoms with Crippen LogP contribution in [0, 0.1) is 10.1 Å².